The van der Waals surface area contributed by atoms with Gasteiger partial charge in [0.25, 0.3) is 0 Å². The second-order valence-electron chi connectivity index (χ2n) is 3.29. The van der Waals surface area contributed by atoms with Crippen LogP contribution in [-0.2, 0) is 4.74 Å². The van der Waals surface area contributed by atoms with E-state index in [9.17, 15) is 0 Å². The van der Waals surface area contributed by atoms with Crippen LogP contribution in [0.5, 0.6) is 0 Å². The molecule has 0 bridgehead atoms. The van der Waals surface area contributed by atoms with Gasteiger partial charge < -0.3 is 4.74 Å². The van der Waals surface area contributed by atoms with Crippen molar-refractivity contribution in [3.63, 3.8) is 0 Å². The maximum absolute atomic E-state index is 5.63. The van der Waals surface area contributed by atoms with Gasteiger partial charge in [-0.2, -0.15) is 0 Å². The predicted molar refractivity (Wildman–Crippen MR) is 43.0 cm³/mol. The monoisotopic (exact) mass is 142 g/mol. The lowest BCUT2D eigenvalue weighted by molar-refractivity contribution is -0.0170. The Morgan fingerprint density at radius 2 is 2.30 bits per heavy atom. The Labute approximate surface area is 63.8 Å². The van der Waals surface area contributed by atoms with Crippen LogP contribution in [0.25, 0.3) is 0 Å². The van der Waals surface area contributed by atoms with E-state index >= 15 is 0 Å². The fourth-order valence-corrected chi connectivity index (χ4v) is 1.48. The van der Waals surface area contributed by atoms with E-state index in [4.69, 9.17) is 4.74 Å². The smallest absolute Gasteiger partial charge is 0.0600 e. The molecule has 0 amide bonds. The first kappa shape index (κ1) is 8.06. The maximum Gasteiger partial charge on any atom is 0.0600 e. The van der Waals surface area contributed by atoms with Gasteiger partial charge >= 0.3 is 0 Å². The first-order valence-electron chi connectivity index (χ1n) is 4.46. The minimum absolute atomic E-state index is 0.568. The van der Waals surface area contributed by atoms with Crippen molar-refractivity contribution in [2.45, 2.75) is 45.6 Å². The Morgan fingerprint density at radius 3 is 2.80 bits per heavy atom. The van der Waals surface area contributed by atoms with E-state index in [2.05, 4.69) is 13.8 Å². The van der Waals surface area contributed by atoms with Gasteiger partial charge in [0.1, 0.15) is 0 Å². The molecule has 1 heteroatoms. The molecule has 1 rings (SSSR count). The minimum Gasteiger partial charge on any atom is -0.378 e. The molecule has 0 N–H and O–H groups in total. The van der Waals surface area contributed by atoms with Gasteiger partial charge in [-0.1, -0.05) is 20.3 Å². The zero-order valence-electron chi connectivity index (χ0n) is 7.10. The quantitative estimate of drug-likeness (QED) is 0.576. The molecule has 0 spiro atoms. The standard InChI is InChI=1S/C9H18O/c1-3-8(2)9-6-4-5-7-10-9/h8-9H,3-7H2,1-2H3. The van der Waals surface area contributed by atoms with Crippen molar-refractivity contribution >= 4 is 0 Å². The van der Waals surface area contributed by atoms with Crippen molar-refractivity contribution < 1.29 is 4.74 Å². The predicted octanol–water partition coefficient (Wildman–Crippen LogP) is 2.60. The molecule has 2 atom stereocenters. The van der Waals surface area contributed by atoms with E-state index in [-0.39, 0.29) is 0 Å². The average Bonchev–Trinajstić information content (AvgIpc) is 2.05. The highest BCUT2D eigenvalue weighted by molar-refractivity contribution is 4.68. The molecule has 10 heavy (non-hydrogen) atoms. The molecule has 0 saturated carbocycles. The molecular formula is C9H18O. The molecule has 0 aromatic rings. The lowest BCUT2D eigenvalue weighted by Crippen LogP contribution is -2.25. The van der Waals surface area contributed by atoms with Crippen molar-refractivity contribution in [2.24, 2.45) is 5.92 Å². The Hall–Kier alpha value is -0.0400. The van der Waals surface area contributed by atoms with Gasteiger partial charge in [-0.25, -0.2) is 0 Å². The highest BCUT2D eigenvalue weighted by atomic mass is 16.5. The van der Waals surface area contributed by atoms with Crippen molar-refractivity contribution in [3.8, 4) is 0 Å². The summed E-state index contributed by atoms with van der Waals surface area (Å²) < 4.78 is 5.63. The Kier molecular flexibility index (Phi) is 3.20. The van der Waals surface area contributed by atoms with Gasteiger partial charge in [0.15, 0.2) is 0 Å². The molecule has 2 unspecified atom stereocenters. The summed E-state index contributed by atoms with van der Waals surface area (Å²) in [6, 6.07) is 0. The SMILES string of the molecule is CCC(C)C1CCCCO1. The van der Waals surface area contributed by atoms with Crippen LogP contribution in [0.4, 0.5) is 0 Å². The molecule has 0 aromatic heterocycles. The van der Waals surface area contributed by atoms with Gasteiger partial charge in [0.2, 0.25) is 0 Å². The molecule has 1 heterocycles. The normalized spacial score (nSPS) is 30.0. The van der Waals surface area contributed by atoms with Crippen LogP contribution in [0.1, 0.15) is 39.5 Å². The van der Waals surface area contributed by atoms with E-state index in [0.717, 1.165) is 12.5 Å². The Balaban J connectivity index is 2.24. The summed E-state index contributed by atoms with van der Waals surface area (Å²) >= 11 is 0. The topological polar surface area (TPSA) is 9.23 Å². The second kappa shape index (κ2) is 3.97. The molecule has 1 aliphatic rings. The zero-order valence-corrected chi connectivity index (χ0v) is 7.10. The summed E-state index contributed by atoms with van der Waals surface area (Å²) in [4.78, 5) is 0. The molecule has 1 fully saturated rings. The van der Waals surface area contributed by atoms with Crippen LogP contribution < -0.4 is 0 Å². The van der Waals surface area contributed by atoms with Gasteiger partial charge in [0.05, 0.1) is 6.10 Å². The molecule has 60 valence electrons. The third kappa shape index (κ3) is 1.98. The fourth-order valence-electron chi connectivity index (χ4n) is 1.48. The number of hydrogen-bond acceptors (Lipinski definition) is 1. The summed E-state index contributed by atoms with van der Waals surface area (Å²) in [5, 5.41) is 0. The van der Waals surface area contributed by atoms with Crippen LogP contribution >= 0.6 is 0 Å². The highest BCUT2D eigenvalue weighted by Crippen LogP contribution is 2.21. The lowest BCUT2D eigenvalue weighted by atomic mass is 9.95. The fraction of sp³-hybridized carbons (Fsp3) is 1.00. The summed E-state index contributed by atoms with van der Waals surface area (Å²) in [5.74, 6) is 0.764. The van der Waals surface area contributed by atoms with Crippen molar-refractivity contribution in [1.82, 2.24) is 0 Å². The number of ether oxygens (including phenoxy) is 1. The molecular weight excluding hydrogens is 124 g/mol. The molecule has 1 nitrogen and oxygen atoms in total. The van der Waals surface area contributed by atoms with Crippen LogP contribution in [0, 0.1) is 5.92 Å². The molecule has 0 aliphatic carbocycles. The first-order valence-corrected chi connectivity index (χ1v) is 4.46. The molecule has 0 aromatic carbocycles. The van der Waals surface area contributed by atoms with Crippen molar-refractivity contribution in [1.29, 1.82) is 0 Å². The second-order valence-corrected chi connectivity index (χ2v) is 3.29. The van der Waals surface area contributed by atoms with Gasteiger partial charge in [-0.05, 0) is 25.2 Å². The summed E-state index contributed by atoms with van der Waals surface area (Å²) in [6.07, 6.45) is 5.75. The molecule has 1 saturated heterocycles. The number of rotatable bonds is 2. The van der Waals surface area contributed by atoms with Gasteiger partial charge in [0, 0.05) is 6.61 Å². The van der Waals surface area contributed by atoms with E-state index in [1.54, 1.807) is 0 Å². The third-order valence-electron chi connectivity index (χ3n) is 2.49. The first-order chi connectivity index (χ1) is 4.84. The van der Waals surface area contributed by atoms with E-state index in [1.165, 1.54) is 25.7 Å². The van der Waals surface area contributed by atoms with Crippen LogP contribution in [0.3, 0.4) is 0 Å². The largest absolute Gasteiger partial charge is 0.378 e. The minimum atomic E-state index is 0.568. The average molecular weight is 142 g/mol. The van der Waals surface area contributed by atoms with Crippen LogP contribution in [0.2, 0.25) is 0 Å². The maximum atomic E-state index is 5.63. The van der Waals surface area contributed by atoms with Crippen molar-refractivity contribution in [2.75, 3.05) is 6.61 Å². The summed E-state index contributed by atoms with van der Waals surface area (Å²) in [7, 11) is 0. The number of hydrogen-bond donors (Lipinski definition) is 0. The lowest BCUT2D eigenvalue weighted by Gasteiger charge is -2.27. The van der Waals surface area contributed by atoms with E-state index < -0.39 is 0 Å². The Bertz CT molecular complexity index is 84.7. The molecule has 1 aliphatic heterocycles. The highest BCUT2D eigenvalue weighted by Gasteiger charge is 2.18. The van der Waals surface area contributed by atoms with Gasteiger partial charge in [-0.3, -0.25) is 0 Å². The summed E-state index contributed by atoms with van der Waals surface area (Å²) in [5.41, 5.74) is 0. The molecule has 0 radical (unpaired) electrons. The van der Waals surface area contributed by atoms with Gasteiger partial charge in [-0.15, -0.1) is 0 Å². The van der Waals surface area contributed by atoms with Crippen LogP contribution in [-0.4, -0.2) is 12.7 Å². The van der Waals surface area contributed by atoms with Crippen molar-refractivity contribution in [3.05, 3.63) is 0 Å². The Morgan fingerprint density at radius 1 is 1.50 bits per heavy atom. The van der Waals surface area contributed by atoms with E-state index in [0.29, 0.717) is 6.10 Å². The van der Waals surface area contributed by atoms with E-state index in [1.807, 2.05) is 0 Å². The zero-order chi connectivity index (χ0) is 7.40. The summed E-state index contributed by atoms with van der Waals surface area (Å²) in [6.45, 7) is 5.52. The third-order valence-corrected chi connectivity index (χ3v) is 2.49. The van der Waals surface area contributed by atoms with Crippen LogP contribution in [0.15, 0.2) is 0 Å².